The second-order valence-corrected chi connectivity index (χ2v) is 2.49. The summed E-state index contributed by atoms with van der Waals surface area (Å²) in [5.74, 6) is -0.444. The van der Waals surface area contributed by atoms with E-state index in [1.54, 1.807) is 0 Å². The Morgan fingerprint density at radius 3 is 2.77 bits per heavy atom. The van der Waals surface area contributed by atoms with Crippen LogP contribution in [0.5, 0.6) is 0 Å². The van der Waals surface area contributed by atoms with Gasteiger partial charge in [-0.15, -0.1) is 0 Å². The molecule has 0 aliphatic carbocycles. The fraction of sp³-hybridized carbons (Fsp3) is 0.125. The predicted molar refractivity (Wildman–Crippen MR) is 47.5 cm³/mol. The van der Waals surface area contributed by atoms with Gasteiger partial charge in [0.2, 0.25) is 0 Å². The number of urea groups is 1. The van der Waals surface area contributed by atoms with Crippen LogP contribution in [0.4, 0.5) is 14.9 Å². The Bertz CT molecular complexity index is 327. The molecule has 0 saturated carbocycles. The molecular formula is C8H10FN3O. The highest BCUT2D eigenvalue weighted by molar-refractivity contribution is 5.88. The molecule has 5 N–H and O–H groups in total. The molecule has 0 atom stereocenters. The van der Waals surface area contributed by atoms with E-state index in [1.165, 1.54) is 18.2 Å². The number of halogens is 1. The van der Waals surface area contributed by atoms with Crippen molar-refractivity contribution in [2.75, 3.05) is 5.32 Å². The maximum atomic E-state index is 12.7. The van der Waals surface area contributed by atoms with Crippen molar-refractivity contribution < 1.29 is 9.18 Å². The van der Waals surface area contributed by atoms with Gasteiger partial charge in [0.15, 0.2) is 0 Å². The fourth-order valence-corrected chi connectivity index (χ4v) is 0.976. The van der Waals surface area contributed by atoms with Gasteiger partial charge in [0.1, 0.15) is 5.82 Å². The van der Waals surface area contributed by atoms with Crippen molar-refractivity contribution in [3.05, 3.63) is 29.6 Å². The van der Waals surface area contributed by atoms with Crippen LogP contribution in [0.25, 0.3) is 0 Å². The van der Waals surface area contributed by atoms with Crippen LogP contribution in [0.1, 0.15) is 5.56 Å². The van der Waals surface area contributed by atoms with Crippen molar-refractivity contribution in [2.24, 2.45) is 11.5 Å². The highest BCUT2D eigenvalue weighted by Crippen LogP contribution is 2.16. The molecule has 0 aromatic heterocycles. The number of primary amides is 1. The standard InChI is InChI=1S/C8H10FN3O/c9-6-2-1-5(4-10)7(3-6)12-8(11)13/h1-3H,4,10H2,(H3,11,12,13). The lowest BCUT2D eigenvalue weighted by Crippen LogP contribution is -2.20. The van der Waals surface area contributed by atoms with Gasteiger partial charge in [-0.25, -0.2) is 9.18 Å². The van der Waals surface area contributed by atoms with Crippen LogP contribution in [0, 0.1) is 5.82 Å². The minimum Gasteiger partial charge on any atom is -0.351 e. The number of hydrogen-bond donors (Lipinski definition) is 3. The first kappa shape index (κ1) is 9.47. The largest absolute Gasteiger partial charge is 0.351 e. The van der Waals surface area contributed by atoms with Crippen molar-refractivity contribution >= 4 is 11.7 Å². The van der Waals surface area contributed by atoms with Crippen LogP contribution >= 0.6 is 0 Å². The molecule has 13 heavy (non-hydrogen) atoms. The summed E-state index contributed by atoms with van der Waals surface area (Å²) in [5.41, 5.74) is 11.2. The highest BCUT2D eigenvalue weighted by Gasteiger charge is 2.03. The van der Waals surface area contributed by atoms with Crippen LogP contribution in [0.3, 0.4) is 0 Å². The third kappa shape index (κ3) is 2.41. The lowest BCUT2D eigenvalue weighted by Gasteiger charge is -2.07. The van der Waals surface area contributed by atoms with Crippen LogP contribution in [0.2, 0.25) is 0 Å². The number of anilines is 1. The molecule has 0 heterocycles. The van der Waals surface area contributed by atoms with E-state index >= 15 is 0 Å². The minimum absolute atomic E-state index is 0.218. The van der Waals surface area contributed by atoms with Gasteiger partial charge in [-0.3, -0.25) is 0 Å². The van der Waals surface area contributed by atoms with Crippen LogP contribution in [0.15, 0.2) is 18.2 Å². The zero-order chi connectivity index (χ0) is 9.84. The Morgan fingerprint density at radius 2 is 2.23 bits per heavy atom. The molecule has 0 aliphatic rings. The van der Waals surface area contributed by atoms with Gasteiger partial charge in [-0.2, -0.15) is 0 Å². The topological polar surface area (TPSA) is 81.1 Å². The second kappa shape index (κ2) is 3.86. The summed E-state index contributed by atoms with van der Waals surface area (Å²) in [6.07, 6.45) is 0. The number of amides is 2. The molecule has 0 fully saturated rings. The van der Waals surface area contributed by atoms with E-state index in [1.807, 2.05) is 0 Å². The third-order valence-electron chi connectivity index (χ3n) is 1.55. The Morgan fingerprint density at radius 1 is 1.54 bits per heavy atom. The van der Waals surface area contributed by atoms with Crippen molar-refractivity contribution in [3.63, 3.8) is 0 Å². The average molecular weight is 183 g/mol. The lowest BCUT2D eigenvalue weighted by atomic mass is 10.2. The lowest BCUT2D eigenvalue weighted by molar-refractivity contribution is 0.259. The molecule has 0 radical (unpaired) electrons. The first-order valence-electron chi connectivity index (χ1n) is 3.68. The predicted octanol–water partition coefficient (Wildman–Crippen LogP) is 0.775. The summed E-state index contributed by atoms with van der Waals surface area (Å²) in [6.45, 7) is 0.218. The summed E-state index contributed by atoms with van der Waals surface area (Å²) in [7, 11) is 0. The van der Waals surface area contributed by atoms with Gasteiger partial charge < -0.3 is 16.8 Å². The van der Waals surface area contributed by atoms with Gasteiger partial charge in [-0.1, -0.05) is 6.07 Å². The second-order valence-electron chi connectivity index (χ2n) is 2.49. The van der Waals surface area contributed by atoms with E-state index < -0.39 is 11.8 Å². The Hall–Kier alpha value is -1.62. The zero-order valence-electron chi connectivity index (χ0n) is 6.88. The Balaban J connectivity index is 3.01. The fourth-order valence-electron chi connectivity index (χ4n) is 0.976. The zero-order valence-corrected chi connectivity index (χ0v) is 6.88. The molecule has 0 unspecified atom stereocenters. The van der Waals surface area contributed by atoms with E-state index in [2.05, 4.69) is 5.32 Å². The van der Waals surface area contributed by atoms with Crippen molar-refractivity contribution in [1.29, 1.82) is 0 Å². The number of rotatable bonds is 2. The highest BCUT2D eigenvalue weighted by atomic mass is 19.1. The normalized spacial score (nSPS) is 9.69. The van der Waals surface area contributed by atoms with Crippen LogP contribution < -0.4 is 16.8 Å². The van der Waals surface area contributed by atoms with Gasteiger partial charge in [0.05, 0.1) is 0 Å². The molecule has 0 spiro atoms. The molecule has 4 nitrogen and oxygen atoms in total. The maximum Gasteiger partial charge on any atom is 0.316 e. The van der Waals surface area contributed by atoms with Gasteiger partial charge in [0, 0.05) is 12.2 Å². The van der Waals surface area contributed by atoms with E-state index in [9.17, 15) is 9.18 Å². The smallest absolute Gasteiger partial charge is 0.316 e. The molecule has 0 aliphatic heterocycles. The number of nitrogens with two attached hydrogens (primary N) is 2. The molecule has 5 heteroatoms. The van der Waals surface area contributed by atoms with E-state index in [0.717, 1.165) is 0 Å². The summed E-state index contributed by atoms with van der Waals surface area (Å²) >= 11 is 0. The number of hydrogen-bond acceptors (Lipinski definition) is 2. The quantitative estimate of drug-likeness (QED) is 0.633. The van der Waals surface area contributed by atoms with Gasteiger partial charge in [0.25, 0.3) is 0 Å². The molecule has 1 rings (SSSR count). The monoisotopic (exact) mass is 183 g/mol. The summed E-state index contributed by atoms with van der Waals surface area (Å²) in [5, 5.41) is 2.28. The summed E-state index contributed by atoms with van der Waals surface area (Å²) in [6, 6.07) is 3.21. The van der Waals surface area contributed by atoms with Crippen LogP contribution in [-0.2, 0) is 6.54 Å². The number of nitrogens with one attached hydrogen (secondary N) is 1. The van der Waals surface area contributed by atoms with Crippen molar-refractivity contribution in [1.82, 2.24) is 0 Å². The molecule has 2 amide bonds. The van der Waals surface area contributed by atoms with E-state index in [4.69, 9.17) is 11.5 Å². The Kier molecular flexibility index (Phi) is 2.81. The Labute approximate surface area is 74.7 Å². The third-order valence-corrected chi connectivity index (χ3v) is 1.55. The van der Waals surface area contributed by atoms with Crippen molar-refractivity contribution in [3.8, 4) is 0 Å². The molecule has 1 aromatic carbocycles. The van der Waals surface area contributed by atoms with E-state index in [-0.39, 0.29) is 6.54 Å². The van der Waals surface area contributed by atoms with Gasteiger partial charge >= 0.3 is 6.03 Å². The van der Waals surface area contributed by atoms with Crippen molar-refractivity contribution in [2.45, 2.75) is 6.54 Å². The minimum atomic E-state index is -0.736. The summed E-state index contributed by atoms with van der Waals surface area (Å²) in [4.78, 5) is 10.5. The molecule has 1 aromatic rings. The van der Waals surface area contributed by atoms with E-state index in [0.29, 0.717) is 11.3 Å². The molecule has 0 bridgehead atoms. The SMILES string of the molecule is NCc1ccc(F)cc1NC(N)=O. The summed E-state index contributed by atoms with van der Waals surface area (Å²) < 4.78 is 12.7. The first-order valence-corrected chi connectivity index (χ1v) is 3.68. The number of carbonyl (C=O) groups excluding carboxylic acids is 1. The maximum absolute atomic E-state index is 12.7. The molecular weight excluding hydrogens is 173 g/mol. The van der Waals surface area contributed by atoms with Crippen LogP contribution in [-0.4, -0.2) is 6.03 Å². The first-order chi connectivity index (χ1) is 6.13. The number of benzene rings is 1. The molecule has 70 valence electrons. The number of carbonyl (C=O) groups is 1. The average Bonchev–Trinajstić information content (AvgIpc) is 2.03. The molecule has 0 saturated heterocycles. The van der Waals surface area contributed by atoms with Gasteiger partial charge in [-0.05, 0) is 17.7 Å².